The van der Waals surface area contributed by atoms with E-state index in [9.17, 15) is 4.79 Å². The molecule has 1 saturated heterocycles. The van der Waals surface area contributed by atoms with Crippen LogP contribution in [0.4, 0.5) is 5.69 Å². The second-order valence-corrected chi connectivity index (χ2v) is 11.2. The third-order valence-electron chi connectivity index (χ3n) is 6.05. The van der Waals surface area contributed by atoms with Crippen LogP contribution in [0.25, 0.3) is 16.8 Å². The number of carbonyl (C=O) groups excluding carboxylic acids is 1. The van der Waals surface area contributed by atoms with Crippen molar-refractivity contribution in [2.45, 2.75) is 27.4 Å². The summed E-state index contributed by atoms with van der Waals surface area (Å²) in [7, 11) is 0. The molecule has 1 fully saturated rings. The molecule has 1 heterocycles. The number of amidine groups is 1. The molecule has 0 saturated carbocycles. The number of hydrogen-bond donors (Lipinski definition) is 1. The van der Waals surface area contributed by atoms with Gasteiger partial charge in [-0.3, -0.25) is 4.79 Å². The zero-order valence-electron chi connectivity index (χ0n) is 21.4. The van der Waals surface area contributed by atoms with E-state index in [1.54, 1.807) is 0 Å². The van der Waals surface area contributed by atoms with Gasteiger partial charge in [0.05, 0.1) is 20.8 Å². The molecule has 0 aromatic heterocycles. The number of ether oxygens (including phenoxy) is 2. The molecule has 0 aliphatic carbocycles. The molecule has 0 spiro atoms. The van der Waals surface area contributed by atoms with Gasteiger partial charge in [-0.25, -0.2) is 4.99 Å². The molecule has 0 unspecified atom stereocenters. The fourth-order valence-corrected chi connectivity index (χ4v) is 5.85. The second kappa shape index (κ2) is 11.6. The van der Waals surface area contributed by atoms with Gasteiger partial charge < -0.3 is 14.8 Å². The lowest BCUT2D eigenvalue weighted by molar-refractivity contribution is -0.115. The maximum atomic E-state index is 12.7. The van der Waals surface area contributed by atoms with Gasteiger partial charge in [-0.2, -0.15) is 0 Å². The van der Waals surface area contributed by atoms with Gasteiger partial charge in [0.1, 0.15) is 6.61 Å². The van der Waals surface area contributed by atoms with E-state index in [0.717, 1.165) is 25.9 Å². The minimum absolute atomic E-state index is 0.164. The lowest BCUT2D eigenvalue weighted by Crippen LogP contribution is -2.19. The lowest BCUT2D eigenvalue weighted by Gasteiger charge is -2.15. The Morgan fingerprint density at radius 2 is 1.79 bits per heavy atom. The molecule has 1 amide bonds. The van der Waals surface area contributed by atoms with Crippen molar-refractivity contribution in [2.24, 2.45) is 4.99 Å². The summed E-state index contributed by atoms with van der Waals surface area (Å²) >= 11 is 3.59. The van der Waals surface area contributed by atoms with Crippen LogP contribution < -0.4 is 14.8 Å². The highest BCUT2D eigenvalue weighted by Gasteiger charge is 2.24. The zero-order valence-corrected chi connectivity index (χ0v) is 24.4. The Morgan fingerprint density at radius 1 is 0.974 bits per heavy atom. The first kappa shape index (κ1) is 26.3. The van der Waals surface area contributed by atoms with Gasteiger partial charge in [-0.15, -0.1) is 0 Å². The average molecular weight is 635 g/mol. The summed E-state index contributed by atoms with van der Waals surface area (Å²) in [6, 6.07) is 24.6. The Morgan fingerprint density at radius 3 is 2.58 bits per heavy atom. The predicted molar refractivity (Wildman–Crippen MR) is 165 cm³/mol. The highest BCUT2D eigenvalue weighted by atomic mass is 127. The number of nitrogens with one attached hydrogen (secondary N) is 1. The smallest absolute Gasteiger partial charge is 0.264 e. The quantitative estimate of drug-likeness (QED) is 0.166. The number of thioether (sulfide) groups is 1. The van der Waals surface area contributed by atoms with Crippen LogP contribution in [0, 0.1) is 17.4 Å². The van der Waals surface area contributed by atoms with E-state index in [1.807, 2.05) is 56.3 Å². The molecule has 7 heteroatoms. The van der Waals surface area contributed by atoms with Crippen LogP contribution in [0.1, 0.15) is 29.2 Å². The van der Waals surface area contributed by atoms with Gasteiger partial charge in [0.2, 0.25) is 0 Å². The number of carbonyl (C=O) groups is 1. The molecule has 1 aliphatic heterocycles. The molecule has 0 atom stereocenters. The average Bonchev–Trinajstić information content (AvgIpc) is 3.23. The van der Waals surface area contributed by atoms with E-state index in [4.69, 9.17) is 9.47 Å². The highest BCUT2D eigenvalue weighted by Crippen LogP contribution is 2.37. The summed E-state index contributed by atoms with van der Waals surface area (Å²) in [6.07, 6.45) is 1.86. The molecular weight excluding hydrogens is 607 g/mol. The number of hydrogen-bond acceptors (Lipinski definition) is 5. The minimum Gasteiger partial charge on any atom is -0.490 e. The maximum Gasteiger partial charge on any atom is 0.264 e. The Labute approximate surface area is 240 Å². The van der Waals surface area contributed by atoms with Crippen LogP contribution in [0.3, 0.4) is 0 Å². The van der Waals surface area contributed by atoms with Gasteiger partial charge in [-0.05, 0) is 113 Å². The van der Waals surface area contributed by atoms with Crippen molar-refractivity contribution in [1.29, 1.82) is 0 Å². The first-order valence-electron chi connectivity index (χ1n) is 12.3. The summed E-state index contributed by atoms with van der Waals surface area (Å²) in [5, 5.41) is 5.84. The van der Waals surface area contributed by atoms with Gasteiger partial charge in [-0.1, -0.05) is 54.1 Å². The number of halogens is 1. The van der Waals surface area contributed by atoms with Crippen LogP contribution in [0.15, 0.2) is 82.7 Å². The topological polar surface area (TPSA) is 59.9 Å². The Hall–Kier alpha value is -3.30. The molecule has 38 heavy (non-hydrogen) atoms. The van der Waals surface area contributed by atoms with Gasteiger partial charge >= 0.3 is 0 Å². The largest absolute Gasteiger partial charge is 0.490 e. The molecule has 1 N–H and O–H groups in total. The first-order valence-corrected chi connectivity index (χ1v) is 14.2. The normalized spacial score (nSPS) is 15.3. The van der Waals surface area contributed by atoms with Crippen LogP contribution >= 0.6 is 34.4 Å². The van der Waals surface area contributed by atoms with E-state index < -0.39 is 0 Å². The fraction of sp³-hybridized carbons (Fsp3) is 0.161. The number of benzene rings is 4. The van der Waals surface area contributed by atoms with Crippen LogP contribution in [-0.2, 0) is 11.4 Å². The molecule has 1 aliphatic rings. The summed E-state index contributed by atoms with van der Waals surface area (Å²) in [5.41, 5.74) is 5.05. The third kappa shape index (κ3) is 6.05. The molecule has 0 radical (unpaired) electrons. The number of aliphatic imine (C=N–C) groups is 1. The molecule has 5 nitrogen and oxygen atoms in total. The minimum atomic E-state index is -0.164. The summed E-state index contributed by atoms with van der Waals surface area (Å²) < 4.78 is 13.1. The van der Waals surface area contributed by atoms with Gasteiger partial charge in [0, 0.05) is 0 Å². The molecule has 5 rings (SSSR count). The molecule has 0 bridgehead atoms. The van der Waals surface area contributed by atoms with E-state index in [0.29, 0.717) is 34.8 Å². The van der Waals surface area contributed by atoms with E-state index >= 15 is 0 Å². The van der Waals surface area contributed by atoms with Crippen LogP contribution in [0.5, 0.6) is 11.5 Å². The number of nitrogens with zero attached hydrogens (tertiary/aromatic N) is 1. The SMILES string of the molecule is CCOc1cc(/C=C2/SC(=Nc3ccc(C)cc3C)NC2=O)cc(I)c1OCc1ccc2ccccc2c1. The fourth-order valence-electron chi connectivity index (χ4n) is 4.23. The standard InChI is InChI=1S/C31H27IN2O3S/c1-4-36-27-16-22(17-28-30(35)34-31(38-28)33-26-12-9-19(2)13-20(26)3)15-25(32)29(27)37-18-21-10-11-23-7-5-6-8-24(23)14-21/h5-17H,4,18H2,1-3H3,(H,33,34,35)/b28-17+. The van der Waals surface area contributed by atoms with Crippen LogP contribution in [0.2, 0.25) is 0 Å². The van der Waals surface area contributed by atoms with Crippen molar-refractivity contribution < 1.29 is 14.3 Å². The van der Waals surface area contributed by atoms with Gasteiger partial charge in [0.25, 0.3) is 5.91 Å². The summed E-state index contributed by atoms with van der Waals surface area (Å²) in [4.78, 5) is 17.9. The van der Waals surface area contributed by atoms with Crippen molar-refractivity contribution in [3.05, 3.63) is 104 Å². The van der Waals surface area contributed by atoms with Crippen LogP contribution in [-0.4, -0.2) is 17.7 Å². The summed E-state index contributed by atoms with van der Waals surface area (Å²) in [6.45, 7) is 6.95. The number of rotatable bonds is 7. The van der Waals surface area contributed by atoms with Crippen molar-refractivity contribution in [2.75, 3.05) is 6.61 Å². The van der Waals surface area contributed by atoms with E-state index in [1.165, 1.54) is 28.1 Å². The molecule has 4 aromatic rings. The molecule has 4 aromatic carbocycles. The second-order valence-electron chi connectivity index (χ2n) is 9.00. The molecule has 192 valence electrons. The van der Waals surface area contributed by atoms with Crippen molar-refractivity contribution >= 4 is 68.0 Å². The van der Waals surface area contributed by atoms with Gasteiger partial charge in [0.15, 0.2) is 16.7 Å². The Kier molecular flexibility index (Phi) is 8.04. The summed E-state index contributed by atoms with van der Waals surface area (Å²) in [5.74, 6) is 1.19. The highest BCUT2D eigenvalue weighted by molar-refractivity contribution is 14.1. The van der Waals surface area contributed by atoms with E-state index in [-0.39, 0.29) is 5.91 Å². The molecular formula is C31H27IN2O3S. The van der Waals surface area contributed by atoms with E-state index in [2.05, 4.69) is 76.2 Å². The number of fused-ring (bicyclic) bond motifs is 1. The predicted octanol–water partition coefficient (Wildman–Crippen LogP) is 7.93. The van der Waals surface area contributed by atoms with Crippen molar-refractivity contribution in [1.82, 2.24) is 5.32 Å². The number of amides is 1. The van der Waals surface area contributed by atoms with Crippen molar-refractivity contribution in [3.63, 3.8) is 0 Å². The third-order valence-corrected chi connectivity index (χ3v) is 7.76. The zero-order chi connectivity index (χ0) is 26.6. The first-order chi connectivity index (χ1) is 18.4. The van der Waals surface area contributed by atoms with Crippen molar-refractivity contribution in [3.8, 4) is 11.5 Å². The Bertz CT molecular complexity index is 1600. The Balaban J connectivity index is 1.37. The monoisotopic (exact) mass is 634 g/mol. The maximum absolute atomic E-state index is 12.7. The number of aryl methyl sites for hydroxylation is 2. The lowest BCUT2D eigenvalue weighted by atomic mass is 10.1.